The van der Waals surface area contributed by atoms with Crippen LogP contribution in [0.2, 0.25) is 0 Å². The maximum absolute atomic E-state index is 12.5. The third-order valence-corrected chi connectivity index (χ3v) is 6.01. The van der Waals surface area contributed by atoms with Gasteiger partial charge in [0.25, 0.3) is 0 Å². The lowest BCUT2D eigenvalue weighted by Gasteiger charge is -2.27. The summed E-state index contributed by atoms with van der Waals surface area (Å²) in [6.07, 6.45) is 7.45. The second kappa shape index (κ2) is 9.98. The normalized spacial score (nSPS) is 27.8. The topological polar surface area (TPSA) is 89.6 Å². The van der Waals surface area contributed by atoms with E-state index in [1.165, 1.54) is 0 Å². The summed E-state index contributed by atoms with van der Waals surface area (Å²) in [5.74, 6) is 0.899. The molecule has 2 aliphatic carbocycles. The Morgan fingerprint density at radius 1 is 0.786 bits per heavy atom. The number of hydrogen-bond acceptors (Lipinski definition) is 5. The van der Waals surface area contributed by atoms with Crippen LogP contribution >= 0.6 is 0 Å². The zero-order valence-electron chi connectivity index (χ0n) is 16.8. The van der Waals surface area contributed by atoms with Crippen molar-refractivity contribution in [3.8, 4) is 0 Å². The van der Waals surface area contributed by atoms with Crippen LogP contribution in [0.5, 0.6) is 0 Å². The maximum atomic E-state index is 12.5. The molecule has 154 valence electrons. The molecule has 0 aliphatic heterocycles. The van der Waals surface area contributed by atoms with Crippen molar-refractivity contribution < 1.29 is 19.1 Å². The van der Waals surface area contributed by atoms with Crippen LogP contribution in [-0.2, 0) is 19.1 Å². The van der Waals surface area contributed by atoms with Gasteiger partial charge in [-0.1, -0.05) is 6.07 Å². The highest BCUT2D eigenvalue weighted by Gasteiger charge is 2.27. The molecule has 0 spiro atoms. The lowest BCUT2D eigenvalue weighted by Crippen LogP contribution is -2.30. The zero-order chi connectivity index (χ0) is 19.9. The van der Waals surface area contributed by atoms with Crippen molar-refractivity contribution in [3.05, 3.63) is 18.2 Å². The molecule has 0 atom stereocenters. The molecule has 0 bridgehead atoms. The molecule has 3 rings (SSSR count). The van der Waals surface area contributed by atoms with E-state index in [-0.39, 0.29) is 35.9 Å². The number of rotatable bonds is 6. The predicted octanol–water partition coefficient (Wildman–Crippen LogP) is 3.37. The first-order valence-electron chi connectivity index (χ1n) is 10.2. The first-order chi connectivity index (χ1) is 13.6. The number of amides is 2. The molecule has 28 heavy (non-hydrogen) atoms. The highest BCUT2D eigenvalue weighted by atomic mass is 16.5. The average molecular weight is 389 g/mol. The quantitative estimate of drug-likeness (QED) is 0.779. The van der Waals surface area contributed by atoms with Crippen LogP contribution < -0.4 is 10.6 Å². The minimum atomic E-state index is -0.0117. The Bertz CT molecular complexity index is 612. The molecule has 2 fully saturated rings. The van der Waals surface area contributed by atoms with E-state index in [1.807, 2.05) is 0 Å². The van der Waals surface area contributed by atoms with Crippen LogP contribution in [-0.4, -0.2) is 43.2 Å². The third kappa shape index (κ3) is 5.52. The van der Waals surface area contributed by atoms with E-state index in [4.69, 9.17) is 9.47 Å². The number of anilines is 2. The minimum Gasteiger partial charge on any atom is -0.381 e. The standard InChI is InChI=1S/C21H31N3O4/c1-27-16-10-6-14(7-11-16)20(25)23-18-4-3-5-19(22-18)24-21(26)15-8-12-17(28-2)13-9-15/h3-5,14-17H,6-13H2,1-2H3,(H2,22,23,24,25,26). The van der Waals surface area contributed by atoms with Gasteiger partial charge in [-0.05, 0) is 63.5 Å². The number of nitrogens with one attached hydrogen (secondary N) is 2. The van der Waals surface area contributed by atoms with Crippen molar-refractivity contribution in [2.75, 3.05) is 24.9 Å². The van der Waals surface area contributed by atoms with E-state index >= 15 is 0 Å². The van der Waals surface area contributed by atoms with Crippen molar-refractivity contribution in [1.29, 1.82) is 0 Å². The molecule has 7 nitrogen and oxygen atoms in total. The van der Waals surface area contributed by atoms with Gasteiger partial charge in [-0.15, -0.1) is 0 Å². The summed E-state index contributed by atoms with van der Waals surface area (Å²) in [5, 5.41) is 5.78. The highest BCUT2D eigenvalue weighted by molar-refractivity contribution is 5.93. The van der Waals surface area contributed by atoms with Gasteiger partial charge < -0.3 is 20.1 Å². The van der Waals surface area contributed by atoms with E-state index in [0.29, 0.717) is 11.6 Å². The number of aromatic nitrogens is 1. The van der Waals surface area contributed by atoms with Gasteiger partial charge in [0.1, 0.15) is 11.6 Å². The Kier molecular flexibility index (Phi) is 7.39. The van der Waals surface area contributed by atoms with E-state index in [0.717, 1.165) is 51.4 Å². The van der Waals surface area contributed by atoms with Crippen molar-refractivity contribution in [1.82, 2.24) is 4.98 Å². The van der Waals surface area contributed by atoms with Crippen molar-refractivity contribution in [2.45, 2.75) is 63.6 Å². The summed E-state index contributed by atoms with van der Waals surface area (Å²) < 4.78 is 10.7. The molecular formula is C21H31N3O4. The Morgan fingerprint density at radius 2 is 1.18 bits per heavy atom. The molecule has 7 heteroatoms. The fourth-order valence-electron chi connectivity index (χ4n) is 4.15. The Hall–Kier alpha value is -1.99. The Morgan fingerprint density at radius 3 is 1.54 bits per heavy atom. The van der Waals surface area contributed by atoms with Gasteiger partial charge in [0.05, 0.1) is 12.2 Å². The summed E-state index contributed by atoms with van der Waals surface area (Å²) in [5.41, 5.74) is 0. The van der Waals surface area contributed by atoms with Crippen LogP contribution in [0, 0.1) is 11.8 Å². The van der Waals surface area contributed by atoms with Crippen LogP contribution in [0.1, 0.15) is 51.4 Å². The number of ether oxygens (including phenoxy) is 2. The van der Waals surface area contributed by atoms with Crippen molar-refractivity contribution in [3.63, 3.8) is 0 Å². The number of nitrogens with zero attached hydrogens (tertiary/aromatic N) is 1. The monoisotopic (exact) mass is 389 g/mol. The minimum absolute atomic E-state index is 0.0107. The summed E-state index contributed by atoms with van der Waals surface area (Å²) >= 11 is 0. The van der Waals surface area contributed by atoms with Gasteiger partial charge in [0.2, 0.25) is 11.8 Å². The molecule has 0 radical (unpaired) electrons. The number of carbonyl (C=O) groups excluding carboxylic acids is 2. The van der Waals surface area contributed by atoms with Crippen LogP contribution in [0.25, 0.3) is 0 Å². The van der Waals surface area contributed by atoms with Gasteiger partial charge in [-0.2, -0.15) is 0 Å². The molecule has 1 aromatic heterocycles. The Labute approximate surface area is 166 Å². The molecule has 2 saturated carbocycles. The van der Waals surface area contributed by atoms with Crippen LogP contribution in [0.15, 0.2) is 18.2 Å². The average Bonchev–Trinajstić information content (AvgIpc) is 2.74. The molecule has 2 amide bonds. The fourth-order valence-corrected chi connectivity index (χ4v) is 4.15. The van der Waals surface area contributed by atoms with Crippen LogP contribution in [0.4, 0.5) is 11.6 Å². The van der Waals surface area contributed by atoms with Gasteiger partial charge in [0, 0.05) is 26.1 Å². The fraction of sp³-hybridized carbons (Fsp3) is 0.667. The second-order valence-electron chi connectivity index (χ2n) is 7.81. The lowest BCUT2D eigenvalue weighted by molar-refractivity contribution is -0.122. The Balaban J connectivity index is 1.51. The molecule has 1 heterocycles. The number of pyridine rings is 1. The summed E-state index contributed by atoms with van der Waals surface area (Å²) in [4.78, 5) is 29.4. The summed E-state index contributed by atoms with van der Waals surface area (Å²) in [6, 6.07) is 5.29. The molecule has 0 aromatic carbocycles. The zero-order valence-corrected chi connectivity index (χ0v) is 16.8. The second-order valence-corrected chi connectivity index (χ2v) is 7.81. The summed E-state index contributed by atoms with van der Waals surface area (Å²) in [7, 11) is 3.44. The van der Waals surface area contributed by atoms with E-state index in [2.05, 4.69) is 15.6 Å². The molecule has 1 aromatic rings. The predicted molar refractivity (Wildman–Crippen MR) is 107 cm³/mol. The first-order valence-corrected chi connectivity index (χ1v) is 10.2. The molecule has 2 N–H and O–H groups in total. The number of methoxy groups -OCH3 is 2. The van der Waals surface area contributed by atoms with Gasteiger partial charge in [-0.25, -0.2) is 4.98 Å². The van der Waals surface area contributed by atoms with E-state index < -0.39 is 0 Å². The van der Waals surface area contributed by atoms with Crippen molar-refractivity contribution >= 4 is 23.5 Å². The maximum Gasteiger partial charge on any atom is 0.228 e. The van der Waals surface area contributed by atoms with Crippen LogP contribution in [0.3, 0.4) is 0 Å². The molecule has 2 aliphatic rings. The molecule has 0 saturated heterocycles. The van der Waals surface area contributed by atoms with Crippen molar-refractivity contribution in [2.24, 2.45) is 11.8 Å². The lowest BCUT2D eigenvalue weighted by atomic mass is 9.87. The van der Waals surface area contributed by atoms with Gasteiger partial charge in [-0.3, -0.25) is 9.59 Å². The van der Waals surface area contributed by atoms with Gasteiger partial charge in [0.15, 0.2) is 0 Å². The van der Waals surface area contributed by atoms with E-state index in [9.17, 15) is 9.59 Å². The highest BCUT2D eigenvalue weighted by Crippen LogP contribution is 2.28. The first kappa shape index (κ1) is 20.7. The number of hydrogen-bond donors (Lipinski definition) is 2. The van der Waals surface area contributed by atoms with E-state index in [1.54, 1.807) is 32.4 Å². The molecular weight excluding hydrogens is 358 g/mol. The SMILES string of the molecule is COC1CCC(C(=O)Nc2cccc(NC(=O)C3CCC(OC)CC3)n2)CC1. The summed E-state index contributed by atoms with van der Waals surface area (Å²) in [6.45, 7) is 0. The largest absolute Gasteiger partial charge is 0.381 e. The third-order valence-electron chi connectivity index (χ3n) is 6.01. The number of carbonyl (C=O) groups is 2. The molecule has 0 unspecified atom stereocenters. The van der Waals surface area contributed by atoms with Gasteiger partial charge >= 0.3 is 0 Å². The smallest absolute Gasteiger partial charge is 0.228 e.